The topological polar surface area (TPSA) is 94.2 Å². The minimum Gasteiger partial charge on any atom is -0.493 e. The van der Waals surface area contributed by atoms with E-state index < -0.39 is 17.8 Å². The van der Waals surface area contributed by atoms with Gasteiger partial charge in [0.1, 0.15) is 24.5 Å². The van der Waals surface area contributed by atoms with Crippen molar-refractivity contribution in [1.82, 2.24) is 5.32 Å². The number of nitrogens with zero attached hydrogens (tertiary/aromatic N) is 1. The number of barbiturate groups is 1. The Morgan fingerprint density at radius 3 is 2.09 bits per heavy atom. The summed E-state index contributed by atoms with van der Waals surface area (Å²) in [5.41, 5.74) is 3.71. The highest BCUT2D eigenvalue weighted by molar-refractivity contribution is 9.10. The van der Waals surface area contributed by atoms with Crippen LogP contribution < -0.4 is 24.4 Å². The number of hydrogen-bond donors (Lipinski definition) is 1. The number of aryl methyl sites for hydroxylation is 1. The van der Waals surface area contributed by atoms with Crippen molar-refractivity contribution < 1.29 is 28.6 Å². The third kappa shape index (κ3) is 7.15. The van der Waals surface area contributed by atoms with Gasteiger partial charge in [0.25, 0.3) is 11.8 Å². The molecular weight excluding hydrogens is 680 g/mol. The second kappa shape index (κ2) is 13.3. The van der Waals surface area contributed by atoms with E-state index in [9.17, 15) is 14.4 Å². The first kappa shape index (κ1) is 30.1. The zero-order chi connectivity index (χ0) is 30.5. The molecule has 218 valence electrons. The fourth-order valence-electron chi connectivity index (χ4n) is 4.30. The molecule has 0 spiro atoms. The molecule has 0 aromatic heterocycles. The molecule has 0 unspecified atom stereocenters. The molecule has 1 fully saturated rings. The third-order valence-corrected chi connectivity index (χ3v) is 7.70. The summed E-state index contributed by atoms with van der Waals surface area (Å²) in [7, 11) is 1.50. The number of imide groups is 2. The molecule has 1 heterocycles. The van der Waals surface area contributed by atoms with Crippen molar-refractivity contribution in [1.29, 1.82) is 0 Å². The summed E-state index contributed by atoms with van der Waals surface area (Å²) >= 11 is 6.93. The Morgan fingerprint density at radius 2 is 1.44 bits per heavy atom. The van der Waals surface area contributed by atoms with E-state index in [4.69, 9.17) is 14.2 Å². The number of anilines is 1. The Labute approximate surface area is 265 Å². The fraction of sp³-hybridized carbons (Fsp3) is 0.121. The highest BCUT2D eigenvalue weighted by Crippen LogP contribution is 2.38. The van der Waals surface area contributed by atoms with Gasteiger partial charge in [0.2, 0.25) is 0 Å². The van der Waals surface area contributed by atoms with Crippen LogP contribution in [-0.4, -0.2) is 25.0 Å². The maximum atomic E-state index is 13.4. The maximum absolute atomic E-state index is 13.4. The number of ether oxygens (including phenoxy) is 3. The van der Waals surface area contributed by atoms with Gasteiger partial charge in [-0.25, -0.2) is 9.69 Å². The van der Waals surface area contributed by atoms with Crippen molar-refractivity contribution in [3.8, 4) is 17.2 Å². The number of halogens is 2. The average Bonchev–Trinajstić information content (AvgIpc) is 2.99. The van der Waals surface area contributed by atoms with Crippen molar-refractivity contribution >= 4 is 61.5 Å². The molecule has 1 saturated heterocycles. The summed E-state index contributed by atoms with van der Waals surface area (Å²) in [6.45, 7) is 2.69. The van der Waals surface area contributed by atoms with Crippen LogP contribution in [0.1, 0.15) is 22.3 Å². The molecule has 1 aliphatic rings. The smallest absolute Gasteiger partial charge is 0.335 e. The van der Waals surface area contributed by atoms with Crippen LogP contribution in [0.25, 0.3) is 6.08 Å². The largest absolute Gasteiger partial charge is 0.493 e. The average molecular weight is 706 g/mol. The lowest BCUT2D eigenvalue weighted by molar-refractivity contribution is -0.122. The number of methoxy groups -OCH3 is 1. The van der Waals surface area contributed by atoms with E-state index in [0.717, 1.165) is 26.1 Å². The van der Waals surface area contributed by atoms with Gasteiger partial charge < -0.3 is 14.2 Å². The molecule has 0 radical (unpaired) electrons. The van der Waals surface area contributed by atoms with Crippen LogP contribution in [0.2, 0.25) is 0 Å². The van der Waals surface area contributed by atoms with Gasteiger partial charge in [0, 0.05) is 4.47 Å². The van der Waals surface area contributed by atoms with E-state index in [0.29, 0.717) is 46.2 Å². The molecule has 0 bridgehead atoms. The molecule has 10 heteroatoms. The number of benzene rings is 4. The molecule has 4 aromatic rings. The molecule has 8 nitrogen and oxygen atoms in total. The third-order valence-electron chi connectivity index (χ3n) is 6.58. The van der Waals surface area contributed by atoms with Crippen LogP contribution in [0.15, 0.2) is 99.4 Å². The van der Waals surface area contributed by atoms with Gasteiger partial charge in [0.05, 0.1) is 17.3 Å². The lowest BCUT2D eigenvalue weighted by Crippen LogP contribution is -2.54. The number of carbonyl (C=O) groups is 3. The normalized spacial score (nSPS) is 14.1. The summed E-state index contributed by atoms with van der Waals surface area (Å²) in [5.74, 6) is -0.118. The van der Waals surface area contributed by atoms with Gasteiger partial charge in [-0.3, -0.25) is 14.9 Å². The van der Waals surface area contributed by atoms with Gasteiger partial charge in [-0.2, -0.15) is 0 Å². The Morgan fingerprint density at radius 1 is 0.814 bits per heavy atom. The van der Waals surface area contributed by atoms with Gasteiger partial charge >= 0.3 is 6.03 Å². The standard InChI is InChI=1S/C33H26Br2N2O6/c1-20-3-5-21(6-4-20)18-42-26-13-11-25(12-14-26)37-32(39)27(31(38)36-33(37)40)15-23-16-28(35)30(29(17-23)41-2)43-19-22-7-9-24(34)10-8-22/h3-17H,18-19H2,1-2H3,(H,36,38,40)/b27-15+. The predicted octanol–water partition coefficient (Wildman–Crippen LogP) is 7.35. The number of amides is 4. The molecule has 0 saturated carbocycles. The van der Waals surface area contributed by atoms with E-state index >= 15 is 0 Å². The molecule has 43 heavy (non-hydrogen) atoms. The van der Waals surface area contributed by atoms with Gasteiger partial charge in [-0.05, 0) is 94.2 Å². The molecule has 4 amide bonds. The van der Waals surface area contributed by atoms with Crippen molar-refractivity contribution in [3.05, 3.63) is 122 Å². The Bertz CT molecular complexity index is 1700. The van der Waals surface area contributed by atoms with Crippen LogP contribution in [0, 0.1) is 6.92 Å². The summed E-state index contributed by atoms with van der Waals surface area (Å²) in [6.07, 6.45) is 1.40. The number of urea groups is 1. The highest BCUT2D eigenvalue weighted by Gasteiger charge is 2.37. The lowest BCUT2D eigenvalue weighted by atomic mass is 10.1. The minimum absolute atomic E-state index is 0.211. The first-order valence-electron chi connectivity index (χ1n) is 13.2. The number of carbonyl (C=O) groups excluding carboxylic acids is 3. The summed E-state index contributed by atoms with van der Waals surface area (Å²) in [4.78, 5) is 39.8. The molecular formula is C33H26Br2N2O6. The van der Waals surface area contributed by atoms with Crippen molar-refractivity contribution in [2.24, 2.45) is 0 Å². The quantitative estimate of drug-likeness (QED) is 0.145. The van der Waals surface area contributed by atoms with E-state index in [1.165, 1.54) is 13.2 Å². The van der Waals surface area contributed by atoms with Crippen LogP contribution >= 0.6 is 31.9 Å². The Kier molecular flexibility index (Phi) is 9.27. The van der Waals surface area contributed by atoms with E-state index in [-0.39, 0.29) is 5.57 Å². The van der Waals surface area contributed by atoms with Crippen LogP contribution in [-0.2, 0) is 22.8 Å². The summed E-state index contributed by atoms with van der Waals surface area (Å²) < 4.78 is 18.9. The molecule has 5 rings (SSSR count). The van der Waals surface area contributed by atoms with E-state index in [2.05, 4.69) is 37.2 Å². The van der Waals surface area contributed by atoms with Crippen molar-refractivity contribution in [2.45, 2.75) is 20.1 Å². The van der Waals surface area contributed by atoms with E-state index in [1.54, 1.807) is 36.4 Å². The first-order valence-corrected chi connectivity index (χ1v) is 14.7. The fourth-order valence-corrected chi connectivity index (χ4v) is 5.14. The van der Waals surface area contributed by atoms with Crippen molar-refractivity contribution in [3.63, 3.8) is 0 Å². The van der Waals surface area contributed by atoms with Gasteiger partial charge in [-0.15, -0.1) is 0 Å². The first-order chi connectivity index (χ1) is 20.7. The monoisotopic (exact) mass is 704 g/mol. The number of nitrogens with one attached hydrogen (secondary N) is 1. The van der Waals surface area contributed by atoms with Gasteiger partial charge in [-0.1, -0.05) is 57.9 Å². The SMILES string of the molecule is COc1cc(/C=C2\C(=O)NC(=O)N(c3ccc(OCc4ccc(C)cc4)cc3)C2=O)cc(Br)c1OCc1ccc(Br)cc1. The second-order valence-corrected chi connectivity index (χ2v) is 11.4. The Balaban J connectivity index is 1.33. The highest BCUT2D eigenvalue weighted by atomic mass is 79.9. The lowest BCUT2D eigenvalue weighted by Gasteiger charge is -2.26. The summed E-state index contributed by atoms with van der Waals surface area (Å²) in [6, 6.07) is 24.8. The molecule has 0 aliphatic carbocycles. The van der Waals surface area contributed by atoms with Gasteiger partial charge in [0.15, 0.2) is 11.5 Å². The molecule has 0 atom stereocenters. The maximum Gasteiger partial charge on any atom is 0.335 e. The van der Waals surface area contributed by atoms with Crippen LogP contribution in [0.5, 0.6) is 17.2 Å². The second-order valence-electron chi connectivity index (χ2n) is 9.68. The molecule has 1 aliphatic heterocycles. The zero-order valence-corrected chi connectivity index (χ0v) is 26.4. The number of hydrogen-bond acceptors (Lipinski definition) is 6. The van der Waals surface area contributed by atoms with Crippen LogP contribution in [0.4, 0.5) is 10.5 Å². The molecule has 4 aromatic carbocycles. The minimum atomic E-state index is -0.837. The zero-order valence-electron chi connectivity index (χ0n) is 23.2. The predicted molar refractivity (Wildman–Crippen MR) is 170 cm³/mol. The van der Waals surface area contributed by atoms with Crippen LogP contribution in [0.3, 0.4) is 0 Å². The number of rotatable bonds is 9. The summed E-state index contributed by atoms with van der Waals surface area (Å²) in [5, 5.41) is 2.25. The molecule has 1 N–H and O–H groups in total. The Hall–Kier alpha value is -4.41. The van der Waals surface area contributed by atoms with Crippen molar-refractivity contribution in [2.75, 3.05) is 12.0 Å². The van der Waals surface area contributed by atoms with E-state index in [1.807, 2.05) is 55.5 Å².